The third-order valence-electron chi connectivity index (χ3n) is 4.67. The van der Waals surface area contributed by atoms with E-state index in [1.807, 2.05) is 0 Å². The summed E-state index contributed by atoms with van der Waals surface area (Å²) in [5.74, 6) is 0.990. The number of carbonyl (C=O) groups excluding carboxylic acids is 1. The molecule has 1 saturated carbocycles. The Balaban J connectivity index is 1.84. The Hall–Kier alpha value is -1.76. The van der Waals surface area contributed by atoms with Crippen molar-refractivity contribution < 1.29 is 17.9 Å². The molecule has 1 aliphatic carbocycles. The van der Waals surface area contributed by atoms with Crippen LogP contribution in [0.2, 0.25) is 0 Å². The zero-order valence-corrected chi connectivity index (χ0v) is 16.0. The lowest BCUT2D eigenvalue weighted by molar-refractivity contribution is -0.127. The largest absolute Gasteiger partial charge is 0.481 e. The lowest BCUT2D eigenvalue weighted by Gasteiger charge is -2.23. The predicted octanol–water partition coefficient (Wildman–Crippen LogP) is 2.55. The summed E-state index contributed by atoms with van der Waals surface area (Å²) < 4.78 is 29.9. The van der Waals surface area contributed by atoms with Gasteiger partial charge >= 0.3 is 0 Å². The van der Waals surface area contributed by atoms with Gasteiger partial charge in [0.05, 0.1) is 11.9 Å². The van der Waals surface area contributed by atoms with Crippen LogP contribution in [0.15, 0.2) is 24.3 Å². The van der Waals surface area contributed by atoms with Crippen LogP contribution in [-0.4, -0.2) is 40.3 Å². The third kappa shape index (κ3) is 5.92. The first kappa shape index (κ1) is 19.6. The van der Waals surface area contributed by atoms with Crippen LogP contribution < -0.4 is 14.4 Å². The van der Waals surface area contributed by atoms with Crippen molar-refractivity contribution in [2.45, 2.75) is 45.1 Å². The molecule has 1 atom stereocenters. The van der Waals surface area contributed by atoms with Crippen molar-refractivity contribution in [1.82, 2.24) is 5.32 Å². The lowest BCUT2D eigenvalue weighted by Crippen LogP contribution is -2.39. The van der Waals surface area contributed by atoms with Crippen molar-refractivity contribution in [2.24, 2.45) is 5.92 Å². The van der Waals surface area contributed by atoms with Gasteiger partial charge in [0.15, 0.2) is 6.10 Å². The fraction of sp³-hybridized carbons (Fsp3) is 0.611. The summed E-state index contributed by atoms with van der Waals surface area (Å²) in [6.45, 7) is 2.43. The minimum atomic E-state index is -3.29. The number of rotatable bonds is 7. The van der Waals surface area contributed by atoms with Gasteiger partial charge in [0, 0.05) is 13.6 Å². The topological polar surface area (TPSA) is 75.7 Å². The Kier molecular flexibility index (Phi) is 6.70. The molecule has 0 saturated heterocycles. The van der Waals surface area contributed by atoms with Gasteiger partial charge in [0.25, 0.3) is 5.91 Å². The molecule has 1 aliphatic rings. The average molecular weight is 368 g/mol. The molecule has 140 valence electrons. The van der Waals surface area contributed by atoms with Gasteiger partial charge in [0.2, 0.25) is 10.0 Å². The van der Waals surface area contributed by atoms with Crippen LogP contribution in [0, 0.1) is 5.92 Å². The number of sulfonamides is 1. The van der Waals surface area contributed by atoms with Crippen molar-refractivity contribution in [3.05, 3.63) is 24.3 Å². The van der Waals surface area contributed by atoms with Crippen LogP contribution in [0.3, 0.4) is 0 Å². The smallest absolute Gasteiger partial charge is 0.260 e. The molecular weight excluding hydrogens is 340 g/mol. The summed E-state index contributed by atoms with van der Waals surface area (Å²) >= 11 is 0. The van der Waals surface area contributed by atoms with E-state index in [-0.39, 0.29) is 5.91 Å². The monoisotopic (exact) mass is 368 g/mol. The number of carbonyl (C=O) groups is 1. The van der Waals surface area contributed by atoms with E-state index < -0.39 is 16.1 Å². The second-order valence-corrected chi connectivity index (χ2v) is 8.75. The van der Waals surface area contributed by atoms with E-state index in [0.717, 1.165) is 6.26 Å². The molecule has 25 heavy (non-hydrogen) atoms. The number of nitrogens with one attached hydrogen (secondary N) is 1. The van der Waals surface area contributed by atoms with Crippen LogP contribution in [0.1, 0.15) is 39.0 Å². The van der Waals surface area contributed by atoms with Crippen LogP contribution in [0.5, 0.6) is 5.75 Å². The summed E-state index contributed by atoms with van der Waals surface area (Å²) in [6, 6.07) is 6.65. The molecule has 1 aromatic rings. The molecule has 1 aromatic carbocycles. The Labute approximate surface area is 150 Å². The van der Waals surface area contributed by atoms with Gasteiger partial charge in [-0.25, -0.2) is 8.42 Å². The van der Waals surface area contributed by atoms with Crippen LogP contribution in [-0.2, 0) is 14.8 Å². The van der Waals surface area contributed by atoms with Gasteiger partial charge in [-0.2, -0.15) is 0 Å². The molecule has 0 unspecified atom stereocenters. The Morgan fingerprint density at radius 3 is 2.40 bits per heavy atom. The third-order valence-corrected chi connectivity index (χ3v) is 5.88. The van der Waals surface area contributed by atoms with E-state index in [1.54, 1.807) is 31.2 Å². The van der Waals surface area contributed by atoms with E-state index in [1.165, 1.54) is 43.5 Å². The summed E-state index contributed by atoms with van der Waals surface area (Å²) in [7, 11) is -1.80. The first-order valence-electron chi connectivity index (χ1n) is 8.75. The quantitative estimate of drug-likeness (QED) is 0.802. The zero-order chi connectivity index (χ0) is 18.4. The van der Waals surface area contributed by atoms with Crippen molar-refractivity contribution >= 4 is 21.6 Å². The lowest BCUT2D eigenvalue weighted by atomic mass is 9.89. The maximum atomic E-state index is 12.2. The molecule has 2 rings (SSSR count). The number of nitrogens with zero attached hydrogens (tertiary/aromatic N) is 1. The maximum absolute atomic E-state index is 12.2. The number of benzene rings is 1. The van der Waals surface area contributed by atoms with Crippen molar-refractivity contribution in [3.63, 3.8) is 0 Å². The highest BCUT2D eigenvalue weighted by atomic mass is 32.2. The molecule has 1 amide bonds. The highest BCUT2D eigenvalue weighted by Crippen LogP contribution is 2.23. The SMILES string of the molecule is C[C@@H](Oc1ccc(N(C)S(C)(=O)=O)cc1)C(=O)NCC1CCCCC1. The summed E-state index contributed by atoms with van der Waals surface area (Å²) in [5.41, 5.74) is 0.546. The number of hydrogen-bond acceptors (Lipinski definition) is 4. The molecule has 0 spiro atoms. The number of anilines is 1. The molecule has 7 heteroatoms. The van der Waals surface area contributed by atoms with E-state index >= 15 is 0 Å². The highest BCUT2D eigenvalue weighted by Gasteiger charge is 2.18. The number of amides is 1. The molecule has 0 heterocycles. The van der Waals surface area contributed by atoms with Gasteiger partial charge in [-0.1, -0.05) is 19.3 Å². The molecule has 0 bridgehead atoms. The Morgan fingerprint density at radius 2 is 1.84 bits per heavy atom. The van der Waals surface area contributed by atoms with Crippen LogP contribution in [0.4, 0.5) is 5.69 Å². The molecule has 0 radical (unpaired) electrons. The molecular formula is C18H28N2O4S. The molecule has 0 aliphatic heterocycles. The highest BCUT2D eigenvalue weighted by molar-refractivity contribution is 7.92. The van der Waals surface area contributed by atoms with Gasteiger partial charge < -0.3 is 10.1 Å². The van der Waals surface area contributed by atoms with E-state index in [9.17, 15) is 13.2 Å². The Bertz CT molecular complexity index is 667. The Morgan fingerprint density at radius 1 is 1.24 bits per heavy atom. The minimum absolute atomic E-state index is 0.122. The van der Waals surface area contributed by atoms with Gasteiger partial charge in [0.1, 0.15) is 5.75 Å². The molecule has 6 nitrogen and oxygen atoms in total. The van der Waals surface area contributed by atoms with Crippen molar-refractivity contribution in [1.29, 1.82) is 0 Å². The van der Waals surface area contributed by atoms with Crippen LogP contribution >= 0.6 is 0 Å². The second-order valence-electron chi connectivity index (χ2n) is 6.73. The summed E-state index contributed by atoms with van der Waals surface area (Å²) in [5, 5.41) is 2.97. The zero-order valence-electron chi connectivity index (χ0n) is 15.2. The summed E-state index contributed by atoms with van der Waals surface area (Å²) in [4.78, 5) is 12.2. The summed E-state index contributed by atoms with van der Waals surface area (Å²) in [6.07, 6.45) is 6.73. The van der Waals surface area contributed by atoms with Crippen molar-refractivity contribution in [2.75, 3.05) is 24.2 Å². The van der Waals surface area contributed by atoms with E-state index in [4.69, 9.17) is 4.74 Å². The number of hydrogen-bond donors (Lipinski definition) is 1. The maximum Gasteiger partial charge on any atom is 0.260 e. The molecule has 1 fully saturated rings. The molecule has 0 aromatic heterocycles. The fourth-order valence-corrected chi connectivity index (χ4v) is 3.47. The fourth-order valence-electron chi connectivity index (χ4n) is 2.96. The first-order valence-corrected chi connectivity index (χ1v) is 10.6. The minimum Gasteiger partial charge on any atom is -0.481 e. The average Bonchev–Trinajstić information content (AvgIpc) is 2.59. The normalized spacial score (nSPS) is 16.9. The second kappa shape index (κ2) is 8.56. The van der Waals surface area contributed by atoms with Gasteiger partial charge in [-0.05, 0) is 49.9 Å². The first-order chi connectivity index (χ1) is 11.8. The van der Waals surface area contributed by atoms with E-state index in [0.29, 0.717) is 23.9 Å². The van der Waals surface area contributed by atoms with Crippen LogP contribution in [0.25, 0.3) is 0 Å². The van der Waals surface area contributed by atoms with Gasteiger partial charge in [-0.15, -0.1) is 0 Å². The van der Waals surface area contributed by atoms with Crippen molar-refractivity contribution in [3.8, 4) is 5.75 Å². The number of ether oxygens (including phenoxy) is 1. The van der Waals surface area contributed by atoms with Gasteiger partial charge in [-0.3, -0.25) is 9.10 Å². The predicted molar refractivity (Wildman–Crippen MR) is 99.4 cm³/mol. The molecule has 1 N–H and O–H groups in total. The van der Waals surface area contributed by atoms with E-state index in [2.05, 4.69) is 5.32 Å². The standard InChI is InChI=1S/C18H28N2O4S/c1-14(18(21)19-13-15-7-5-4-6-8-15)24-17-11-9-16(10-12-17)20(2)25(3,22)23/h9-12,14-15H,4-8,13H2,1-3H3,(H,19,21)/t14-/m1/s1.